The van der Waals surface area contributed by atoms with Crippen LogP contribution in [-0.2, 0) is 0 Å². The molecule has 0 spiro atoms. The Morgan fingerprint density at radius 1 is 1.28 bits per heavy atom. The van der Waals surface area contributed by atoms with Crippen molar-refractivity contribution < 1.29 is 0 Å². The van der Waals surface area contributed by atoms with Crippen LogP contribution in [0.4, 0.5) is 5.13 Å². The first-order valence-corrected chi connectivity index (χ1v) is 7.34. The number of aromatic nitrogens is 1. The standard InChI is InChI=1S/C13H26N4S/c1-7-14-10(2)12-11(3)15-13(18-12)17(6)9-8-16(4)5/h10,14H,7-9H2,1-6H3. The Hall–Kier alpha value is -0.650. The van der Waals surface area contributed by atoms with Gasteiger partial charge in [0.15, 0.2) is 5.13 Å². The molecule has 1 heterocycles. The maximum atomic E-state index is 4.68. The van der Waals surface area contributed by atoms with E-state index in [4.69, 9.17) is 0 Å². The molecule has 0 aliphatic heterocycles. The molecule has 0 aliphatic carbocycles. The zero-order valence-corrected chi connectivity index (χ0v) is 13.3. The lowest BCUT2D eigenvalue weighted by Gasteiger charge is -2.18. The fourth-order valence-corrected chi connectivity index (χ4v) is 2.88. The highest BCUT2D eigenvalue weighted by Crippen LogP contribution is 2.29. The topological polar surface area (TPSA) is 31.4 Å². The Labute approximate surface area is 115 Å². The first-order chi connectivity index (χ1) is 8.45. The molecule has 4 nitrogen and oxygen atoms in total. The van der Waals surface area contributed by atoms with Gasteiger partial charge in [-0.25, -0.2) is 4.98 Å². The van der Waals surface area contributed by atoms with Crippen LogP contribution in [0.25, 0.3) is 0 Å². The number of rotatable bonds is 7. The zero-order chi connectivity index (χ0) is 13.7. The number of nitrogens with one attached hydrogen (secondary N) is 1. The molecule has 0 saturated heterocycles. The van der Waals surface area contributed by atoms with E-state index in [2.05, 4.69) is 62.0 Å². The van der Waals surface area contributed by atoms with Crippen molar-refractivity contribution in [3.63, 3.8) is 0 Å². The van der Waals surface area contributed by atoms with Crippen LogP contribution in [-0.4, -0.2) is 50.7 Å². The van der Waals surface area contributed by atoms with Gasteiger partial charge in [0.2, 0.25) is 0 Å². The molecule has 5 heteroatoms. The minimum Gasteiger partial charge on any atom is -0.350 e. The molecule has 0 aliphatic rings. The summed E-state index contributed by atoms with van der Waals surface area (Å²) in [6.45, 7) is 9.49. The summed E-state index contributed by atoms with van der Waals surface area (Å²) in [7, 11) is 6.31. The molecule has 0 amide bonds. The van der Waals surface area contributed by atoms with Gasteiger partial charge >= 0.3 is 0 Å². The van der Waals surface area contributed by atoms with Crippen LogP contribution in [0, 0.1) is 6.92 Å². The molecule has 0 fully saturated rings. The van der Waals surface area contributed by atoms with Gasteiger partial charge in [-0.1, -0.05) is 6.92 Å². The number of hydrogen-bond acceptors (Lipinski definition) is 5. The summed E-state index contributed by atoms with van der Waals surface area (Å²) in [5.74, 6) is 0. The first-order valence-electron chi connectivity index (χ1n) is 6.52. The number of thiazole rings is 1. The van der Waals surface area contributed by atoms with E-state index in [-0.39, 0.29) is 0 Å². The minimum absolute atomic E-state index is 0.392. The smallest absolute Gasteiger partial charge is 0.185 e. The molecule has 0 radical (unpaired) electrons. The van der Waals surface area contributed by atoms with E-state index in [1.165, 1.54) is 4.88 Å². The molecule has 1 aromatic heterocycles. The lowest BCUT2D eigenvalue weighted by Crippen LogP contribution is -2.28. The SMILES string of the molecule is CCNC(C)c1sc(N(C)CCN(C)C)nc1C. The summed E-state index contributed by atoms with van der Waals surface area (Å²) in [5, 5.41) is 4.57. The van der Waals surface area contributed by atoms with Crippen molar-refractivity contribution in [1.82, 2.24) is 15.2 Å². The first kappa shape index (κ1) is 15.4. The number of likely N-dealkylation sites (N-methyl/N-ethyl adjacent to an activating group) is 2. The molecular weight excluding hydrogens is 244 g/mol. The monoisotopic (exact) mass is 270 g/mol. The highest BCUT2D eigenvalue weighted by molar-refractivity contribution is 7.15. The molecule has 0 saturated carbocycles. The molecule has 18 heavy (non-hydrogen) atoms. The van der Waals surface area contributed by atoms with Crippen LogP contribution in [0.15, 0.2) is 0 Å². The lowest BCUT2D eigenvalue weighted by molar-refractivity contribution is 0.416. The van der Waals surface area contributed by atoms with Crippen LogP contribution < -0.4 is 10.2 Å². The predicted molar refractivity (Wildman–Crippen MR) is 80.8 cm³/mol. The van der Waals surface area contributed by atoms with Crippen LogP contribution in [0.2, 0.25) is 0 Å². The van der Waals surface area contributed by atoms with Crippen molar-refractivity contribution in [1.29, 1.82) is 0 Å². The summed E-state index contributed by atoms with van der Waals surface area (Å²) in [4.78, 5) is 10.5. The van der Waals surface area contributed by atoms with Gasteiger partial charge in [-0.15, -0.1) is 11.3 Å². The van der Waals surface area contributed by atoms with E-state index in [9.17, 15) is 0 Å². The van der Waals surface area contributed by atoms with Crippen molar-refractivity contribution in [3.8, 4) is 0 Å². The summed E-state index contributed by atoms with van der Waals surface area (Å²) < 4.78 is 0. The number of nitrogens with zero attached hydrogens (tertiary/aromatic N) is 3. The molecule has 1 unspecified atom stereocenters. The summed E-state index contributed by atoms with van der Waals surface area (Å²) in [6, 6.07) is 0.392. The Kier molecular flexibility index (Phi) is 6.05. The van der Waals surface area contributed by atoms with Crippen molar-refractivity contribution in [2.45, 2.75) is 26.8 Å². The normalized spacial score (nSPS) is 13.1. The Balaban J connectivity index is 2.70. The van der Waals surface area contributed by atoms with Crippen molar-refractivity contribution in [2.24, 2.45) is 0 Å². The fourth-order valence-electron chi connectivity index (χ4n) is 1.80. The van der Waals surface area contributed by atoms with Gasteiger partial charge in [-0.3, -0.25) is 0 Å². The molecule has 1 aromatic rings. The van der Waals surface area contributed by atoms with E-state index in [1.807, 2.05) is 0 Å². The number of anilines is 1. The Bertz CT molecular complexity index is 362. The third-order valence-electron chi connectivity index (χ3n) is 2.93. The molecule has 1 N–H and O–H groups in total. The summed E-state index contributed by atoms with van der Waals surface area (Å²) in [6.07, 6.45) is 0. The van der Waals surface area contributed by atoms with E-state index in [1.54, 1.807) is 11.3 Å². The fraction of sp³-hybridized carbons (Fsp3) is 0.769. The molecule has 1 rings (SSSR count). The van der Waals surface area contributed by atoms with E-state index in [0.717, 1.165) is 30.5 Å². The molecular formula is C13H26N4S. The van der Waals surface area contributed by atoms with Crippen LogP contribution in [0.5, 0.6) is 0 Å². The van der Waals surface area contributed by atoms with Crippen LogP contribution in [0.3, 0.4) is 0 Å². The van der Waals surface area contributed by atoms with E-state index >= 15 is 0 Å². The van der Waals surface area contributed by atoms with Crippen molar-refractivity contribution >= 4 is 16.5 Å². The molecule has 0 aromatic carbocycles. The largest absolute Gasteiger partial charge is 0.350 e. The van der Waals surface area contributed by atoms with Gasteiger partial charge in [-0.05, 0) is 34.5 Å². The average Bonchev–Trinajstić information content (AvgIpc) is 2.68. The highest BCUT2D eigenvalue weighted by atomic mass is 32.1. The lowest BCUT2D eigenvalue weighted by atomic mass is 10.2. The average molecular weight is 270 g/mol. The van der Waals surface area contributed by atoms with Crippen LogP contribution >= 0.6 is 11.3 Å². The second-order valence-corrected chi connectivity index (χ2v) is 5.96. The van der Waals surface area contributed by atoms with Gasteiger partial charge in [0.05, 0.1) is 5.69 Å². The maximum Gasteiger partial charge on any atom is 0.185 e. The van der Waals surface area contributed by atoms with Gasteiger partial charge in [0.1, 0.15) is 0 Å². The van der Waals surface area contributed by atoms with Crippen molar-refractivity contribution in [3.05, 3.63) is 10.6 Å². The van der Waals surface area contributed by atoms with E-state index in [0.29, 0.717) is 6.04 Å². The Morgan fingerprint density at radius 2 is 1.94 bits per heavy atom. The summed E-state index contributed by atoms with van der Waals surface area (Å²) in [5.41, 5.74) is 1.15. The Morgan fingerprint density at radius 3 is 2.50 bits per heavy atom. The van der Waals surface area contributed by atoms with Gasteiger partial charge < -0.3 is 15.1 Å². The van der Waals surface area contributed by atoms with Crippen LogP contribution in [0.1, 0.15) is 30.5 Å². The number of hydrogen-bond donors (Lipinski definition) is 1. The molecule has 0 bridgehead atoms. The quantitative estimate of drug-likeness (QED) is 0.822. The zero-order valence-electron chi connectivity index (χ0n) is 12.4. The predicted octanol–water partition coefficient (Wildman–Crippen LogP) is 2.12. The van der Waals surface area contributed by atoms with E-state index < -0.39 is 0 Å². The van der Waals surface area contributed by atoms with Gasteiger partial charge in [-0.2, -0.15) is 0 Å². The minimum atomic E-state index is 0.392. The number of aryl methyl sites for hydroxylation is 1. The maximum absolute atomic E-state index is 4.68. The molecule has 104 valence electrons. The van der Waals surface area contributed by atoms with Gasteiger partial charge in [0, 0.05) is 31.1 Å². The van der Waals surface area contributed by atoms with Gasteiger partial charge in [0.25, 0.3) is 0 Å². The highest BCUT2D eigenvalue weighted by Gasteiger charge is 2.15. The third kappa shape index (κ3) is 4.23. The van der Waals surface area contributed by atoms with Crippen molar-refractivity contribution in [2.75, 3.05) is 45.7 Å². The third-order valence-corrected chi connectivity index (χ3v) is 4.39. The molecule has 1 atom stereocenters. The second kappa shape index (κ2) is 7.07. The summed E-state index contributed by atoms with van der Waals surface area (Å²) >= 11 is 1.80. The second-order valence-electron chi connectivity index (χ2n) is 4.95.